The average Bonchev–Trinajstić information content (AvgIpc) is 3.79. The van der Waals surface area contributed by atoms with Gasteiger partial charge < -0.3 is 8.83 Å². The number of fused-ring (bicyclic) bond motifs is 10. The van der Waals surface area contributed by atoms with E-state index in [1.807, 2.05) is 54.6 Å². The molecule has 0 amide bonds. The number of hydrogen-bond donors (Lipinski definition) is 0. The molecule has 5 heteroatoms. The van der Waals surface area contributed by atoms with Gasteiger partial charge in [0.1, 0.15) is 22.3 Å². The van der Waals surface area contributed by atoms with Gasteiger partial charge in [0.25, 0.3) is 0 Å². The van der Waals surface area contributed by atoms with Crippen LogP contribution in [0.4, 0.5) is 0 Å². The normalized spacial score (nSPS) is 11.8. The van der Waals surface area contributed by atoms with E-state index in [1.54, 1.807) is 0 Å². The molecule has 5 nitrogen and oxygen atoms in total. The highest BCUT2D eigenvalue weighted by atomic mass is 16.3. The molecule has 52 heavy (non-hydrogen) atoms. The molecule has 0 aliphatic rings. The van der Waals surface area contributed by atoms with Crippen LogP contribution in [0.3, 0.4) is 0 Å². The van der Waals surface area contributed by atoms with Crippen molar-refractivity contribution in [3.63, 3.8) is 0 Å². The number of hydrogen-bond acceptors (Lipinski definition) is 5. The van der Waals surface area contributed by atoms with Crippen LogP contribution in [-0.4, -0.2) is 15.0 Å². The van der Waals surface area contributed by atoms with Gasteiger partial charge in [-0.1, -0.05) is 121 Å². The van der Waals surface area contributed by atoms with Gasteiger partial charge in [0.05, 0.1) is 22.6 Å². The number of para-hydroxylation sites is 3. The zero-order valence-corrected chi connectivity index (χ0v) is 27.7. The second-order valence-corrected chi connectivity index (χ2v) is 13.1. The zero-order valence-electron chi connectivity index (χ0n) is 27.7. The first kappa shape index (κ1) is 28.7. The maximum absolute atomic E-state index is 6.40. The molecule has 242 valence electrons. The molecule has 11 rings (SSSR count). The zero-order chi connectivity index (χ0) is 34.2. The summed E-state index contributed by atoms with van der Waals surface area (Å²) in [4.78, 5) is 15.9. The quantitative estimate of drug-likeness (QED) is 0.175. The SMILES string of the molecule is c1ccc(-c2nc(-c3ccc4c(c3)oc3ccccc34)cc(-c3cccc4c3nc(-c3ccccc3)c3ccc5oc6ccccc6c5c34)n2)cc1. The first-order valence-corrected chi connectivity index (χ1v) is 17.4. The van der Waals surface area contributed by atoms with E-state index >= 15 is 0 Å². The van der Waals surface area contributed by atoms with Gasteiger partial charge in [-0.25, -0.2) is 15.0 Å². The minimum Gasteiger partial charge on any atom is -0.456 e. The topological polar surface area (TPSA) is 65.0 Å². The summed E-state index contributed by atoms with van der Waals surface area (Å²) in [7, 11) is 0. The van der Waals surface area contributed by atoms with Crippen LogP contribution in [-0.2, 0) is 0 Å². The predicted octanol–water partition coefficient (Wildman–Crippen LogP) is 12.6. The smallest absolute Gasteiger partial charge is 0.160 e. The molecule has 11 aromatic rings. The van der Waals surface area contributed by atoms with E-state index in [0.29, 0.717) is 5.82 Å². The largest absolute Gasteiger partial charge is 0.456 e. The van der Waals surface area contributed by atoms with E-state index in [4.69, 9.17) is 23.8 Å². The van der Waals surface area contributed by atoms with Crippen LogP contribution >= 0.6 is 0 Å². The highest BCUT2D eigenvalue weighted by molar-refractivity contribution is 6.29. The minimum atomic E-state index is 0.641. The summed E-state index contributed by atoms with van der Waals surface area (Å²) >= 11 is 0. The van der Waals surface area contributed by atoms with Crippen molar-refractivity contribution < 1.29 is 8.83 Å². The van der Waals surface area contributed by atoms with Crippen LogP contribution in [0.5, 0.6) is 0 Å². The Morgan fingerprint density at radius 1 is 0.346 bits per heavy atom. The molecule has 0 fully saturated rings. The van der Waals surface area contributed by atoms with Crippen LogP contribution in [0, 0.1) is 0 Å². The van der Waals surface area contributed by atoms with Gasteiger partial charge in [-0.3, -0.25) is 0 Å². The van der Waals surface area contributed by atoms with Crippen molar-refractivity contribution in [1.82, 2.24) is 15.0 Å². The van der Waals surface area contributed by atoms with E-state index in [9.17, 15) is 0 Å². The highest BCUT2D eigenvalue weighted by Crippen LogP contribution is 2.43. The fourth-order valence-corrected chi connectivity index (χ4v) is 7.69. The van der Waals surface area contributed by atoms with Crippen molar-refractivity contribution >= 4 is 65.6 Å². The van der Waals surface area contributed by atoms with Crippen LogP contribution in [0.2, 0.25) is 0 Å². The van der Waals surface area contributed by atoms with Crippen molar-refractivity contribution in [2.24, 2.45) is 0 Å². The Labute approximate surface area is 297 Å². The summed E-state index contributed by atoms with van der Waals surface area (Å²) in [5, 5.41) is 7.56. The van der Waals surface area contributed by atoms with Crippen molar-refractivity contribution in [2.45, 2.75) is 0 Å². The molecular formula is C47H27N3O2. The molecule has 0 atom stereocenters. The van der Waals surface area contributed by atoms with Crippen LogP contribution in [0.15, 0.2) is 173 Å². The second-order valence-electron chi connectivity index (χ2n) is 13.1. The summed E-state index contributed by atoms with van der Waals surface area (Å²) in [5.41, 5.74) is 10.6. The van der Waals surface area contributed by atoms with Crippen LogP contribution < -0.4 is 0 Å². The molecule has 0 spiro atoms. The maximum Gasteiger partial charge on any atom is 0.160 e. The van der Waals surface area contributed by atoms with Gasteiger partial charge in [-0.15, -0.1) is 0 Å². The summed E-state index contributed by atoms with van der Waals surface area (Å²) in [6.45, 7) is 0. The number of furan rings is 2. The standard InChI is InChI=1S/C47H27N3O2/c1-3-12-28(13-4-1)45-36-24-25-41-44(34-17-8-10-21-40(34)51-41)43(36)35-19-11-18-33(46(35)50-45)38-27-37(48-47(49-38)29-14-5-2-6-15-29)30-22-23-32-31-16-7-9-20-39(31)52-42(32)26-30/h1-27H. The molecule has 0 bridgehead atoms. The van der Waals surface area contributed by atoms with Crippen molar-refractivity contribution in [3.8, 4) is 45.2 Å². The van der Waals surface area contributed by atoms with Gasteiger partial charge in [0.2, 0.25) is 0 Å². The average molecular weight is 666 g/mol. The van der Waals surface area contributed by atoms with Gasteiger partial charge >= 0.3 is 0 Å². The van der Waals surface area contributed by atoms with Crippen LogP contribution in [0.1, 0.15) is 0 Å². The molecule has 0 radical (unpaired) electrons. The molecule has 4 heterocycles. The number of aromatic nitrogens is 3. The molecule has 0 N–H and O–H groups in total. The Morgan fingerprint density at radius 2 is 0.981 bits per heavy atom. The molecule has 7 aromatic carbocycles. The molecular weight excluding hydrogens is 639 g/mol. The first-order valence-electron chi connectivity index (χ1n) is 17.4. The molecule has 4 aromatic heterocycles. The maximum atomic E-state index is 6.40. The number of benzene rings is 7. The van der Waals surface area contributed by atoms with Gasteiger partial charge in [-0.05, 0) is 42.5 Å². The lowest BCUT2D eigenvalue weighted by molar-refractivity contribution is 0.668. The lowest BCUT2D eigenvalue weighted by Gasteiger charge is -2.15. The van der Waals surface area contributed by atoms with Crippen molar-refractivity contribution in [1.29, 1.82) is 0 Å². The van der Waals surface area contributed by atoms with Gasteiger partial charge in [-0.2, -0.15) is 0 Å². The summed E-state index contributed by atoms with van der Waals surface area (Å²) < 4.78 is 12.7. The van der Waals surface area contributed by atoms with Crippen molar-refractivity contribution in [2.75, 3.05) is 0 Å². The monoisotopic (exact) mass is 665 g/mol. The van der Waals surface area contributed by atoms with E-state index in [1.165, 1.54) is 0 Å². The first-order chi connectivity index (χ1) is 25.8. The Morgan fingerprint density at radius 3 is 1.81 bits per heavy atom. The Bertz CT molecular complexity index is 3180. The Balaban J connectivity index is 1.22. The van der Waals surface area contributed by atoms with Gasteiger partial charge in [0, 0.05) is 60.0 Å². The van der Waals surface area contributed by atoms with Crippen LogP contribution in [0.25, 0.3) is 111 Å². The lowest BCUT2D eigenvalue weighted by Crippen LogP contribution is -1.98. The lowest BCUT2D eigenvalue weighted by atomic mass is 9.94. The minimum absolute atomic E-state index is 0.641. The summed E-state index contributed by atoms with van der Waals surface area (Å²) in [6, 6.07) is 56.0. The Hall–Kier alpha value is -7.11. The molecule has 0 aliphatic heterocycles. The summed E-state index contributed by atoms with van der Waals surface area (Å²) in [6.07, 6.45) is 0. The molecule has 0 aliphatic carbocycles. The Kier molecular flexibility index (Phi) is 6.18. The van der Waals surface area contributed by atoms with E-state index < -0.39 is 0 Å². The van der Waals surface area contributed by atoms with Gasteiger partial charge in [0.15, 0.2) is 5.82 Å². The molecule has 0 saturated heterocycles. The number of rotatable bonds is 4. The van der Waals surface area contributed by atoms with Crippen molar-refractivity contribution in [3.05, 3.63) is 164 Å². The molecule has 0 saturated carbocycles. The van der Waals surface area contributed by atoms with E-state index in [-0.39, 0.29) is 0 Å². The predicted molar refractivity (Wildman–Crippen MR) is 211 cm³/mol. The third-order valence-corrected chi connectivity index (χ3v) is 10.1. The van der Waals surface area contributed by atoms with E-state index in [2.05, 4.69) is 109 Å². The highest BCUT2D eigenvalue weighted by Gasteiger charge is 2.21. The fourth-order valence-electron chi connectivity index (χ4n) is 7.69. The second kappa shape index (κ2) is 11.2. The number of pyridine rings is 1. The molecule has 0 unspecified atom stereocenters. The third kappa shape index (κ3) is 4.39. The number of nitrogens with zero attached hydrogens (tertiary/aromatic N) is 3. The fraction of sp³-hybridized carbons (Fsp3) is 0. The summed E-state index contributed by atoms with van der Waals surface area (Å²) in [5.74, 6) is 0.641. The third-order valence-electron chi connectivity index (χ3n) is 10.1. The van der Waals surface area contributed by atoms with E-state index in [0.717, 1.165) is 105 Å².